The van der Waals surface area contributed by atoms with E-state index < -0.39 is 0 Å². The Balaban J connectivity index is 1.35. The largest absolute Gasteiger partial charge is 0.339 e. The molecule has 1 heterocycles. The van der Waals surface area contributed by atoms with Gasteiger partial charge in [0.1, 0.15) is 5.82 Å². The second-order valence-corrected chi connectivity index (χ2v) is 7.85. The smallest absolute Gasteiger partial charge is 0.253 e. The number of hydrogen-bond donors (Lipinski definition) is 0. The highest BCUT2D eigenvalue weighted by Gasteiger charge is 2.27. The van der Waals surface area contributed by atoms with Gasteiger partial charge >= 0.3 is 0 Å². The molecule has 0 N–H and O–H groups in total. The van der Waals surface area contributed by atoms with Crippen LogP contribution in [0, 0.1) is 17.7 Å². The van der Waals surface area contributed by atoms with Gasteiger partial charge in [0.15, 0.2) is 0 Å². The molecular formula is C23H26FNO. The van der Waals surface area contributed by atoms with Crippen LogP contribution >= 0.6 is 0 Å². The lowest BCUT2D eigenvalue weighted by atomic mass is 9.76. The van der Waals surface area contributed by atoms with E-state index >= 15 is 0 Å². The second-order valence-electron chi connectivity index (χ2n) is 7.85. The molecule has 4 rings (SSSR count). The lowest BCUT2D eigenvalue weighted by molar-refractivity contribution is 0.0669. The minimum Gasteiger partial charge on any atom is -0.339 e. The maximum Gasteiger partial charge on any atom is 0.253 e. The molecule has 1 aliphatic heterocycles. The first-order chi connectivity index (χ1) is 12.7. The monoisotopic (exact) mass is 351 g/mol. The van der Waals surface area contributed by atoms with Crippen molar-refractivity contribution in [2.24, 2.45) is 11.8 Å². The third-order valence-corrected chi connectivity index (χ3v) is 6.10. The van der Waals surface area contributed by atoms with Crippen molar-refractivity contribution in [1.82, 2.24) is 4.90 Å². The number of rotatable bonds is 4. The van der Waals surface area contributed by atoms with E-state index in [4.69, 9.17) is 0 Å². The van der Waals surface area contributed by atoms with Crippen LogP contribution in [0.25, 0.3) is 11.1 Å². The van der Waals surface area contributed by atoms with Gasteiger partial charge < -0.3 is 4.90 Å². The normalized spacial score (nSPS) is 18.6. The Morgan fingerprint density at radius 1 is 0.846 bits per heavy atom. The number of amides is 1. The lowest BCUT2D eigenvalue weighted by Gasteiger charge is -2.36. The van der Waals surface area contributed by atoms with Crippen molar-refractivity contribution in [2.75, 3.05) is 13.1 Å². The van der Waals surface area contributed by atoms with E-state index in [9.17, 15) is 9.18 Å². The molecule has 0 unspecified atom stereocenters. The summed E-state index contributed by atoms with van der Waals surface area (Å²) in [6, 6.07) is 14.1. The van der Waals surface area contributed by atoms with Crippen LogP contribution in [0.1, 0.15) is 48.9 Å². The van der Waals surface area contributed by atoms with Crippen LogP contribution in [0.15, 0.2) is 48.5 Å². The molecule has 2 aromatic carbocycles. The Bertz CT molecular complexity index is 741. The Morgan fingerprint density at radius 2 is 1.38 bits per heavy atom. The van der Waals surface area contributed by atoms with Gasteiger partial charge in [-0.15, -0.1) is 0 Å². The minimum absolute atomic E-state index is 0.137. The summed E-state index contributed by atoms with van der Waals surface area (Å²) >= 11 is 0. The molecule has 2 nitrogen and oxygen atoms in total. The van der Waals surface area contributed by atoms with Gasteiger partial charge in [0.2, 0.25) is 0 Å². The molecule has 26 heavy (non-hydrogen) atoms. The first kappa shape index (κ1) is 17.3. The molecule has 2 aromatic rings. The number of hydrogen-bond acceptors (Lipinski definition) is 1. The van der Waals surface area contributed by atoms with E-state index in [1.54, 1.807) is 12.1 Å². The van der Waals surface area contributed by atoms with Crippen LogP contribution in [0.5, 0.6) is 0 Å². The van der Waals surface area contributed by atoms with Crippen molar-refractivity contribution in [3.63, 3.8) is 0 Å². The fraction of sp³-hybridized carbons (Fsp3) is 0.435. The zero-order chi connectivity index (χ0) is 17.9. The molecule has 0 aromatic heterocycles. The molecule has 1 saturated heterocycles. The predicted octanol–water partition coefficient (Wildman–Crippen LogP) is 5.54. The Hall–Kier alpha value is -2.16. The third kappa shape index (κ3) is 3.82. The van der Waals surface area contributed by atoms with Crippen LogP contribution in [0.2, 0.25) is 0 Å². The predicted molar refractivity (Wildman–Crippen MR) is 102 cm³/mol. The van der Waals surface area contributed by atoms with Gasteiger partial charge in [0.25, 0.3) is 5.91 Å². The van der Waals surface area contributed by atoms with Crippen molar-refractivity contribution in [3.05, 3.63) is 59.9 Å². The summed E-state index contributed by atoms with van der Waals surface area (Å²) in [4.78, 5) is 14.8. The highest BCUT2D eigenvalue weighted by molar-refractivity contribution is 5.94. The Kier molecular flexibility index (Phi) is 5.05. The average Bonchev–Trinajstić information content (AvgIpc) is 2.65. The molecule has 0 spiro atoms. The van der Waals surface area contributed by atoms with Crippen LogP contribution in [-0.2, 0) is 0 Å². The van der Waals surface area contributed by atoms with E-state index in [0.29, 0.717) is 0 Å². The Labute approximate surface area is 155 Å². The zero-order valence-electron chi connectivity index (χ0n) is 15.2. The second kappa shape index (κ2) is 7.61. The van der Waals surface area contributed by atoms with Gasteiger partial charge in [-0.05, 0) is 66.5 Å². The summed E-state index contributed by atoms with van der Waals surface area (Å²) in [5, 5.41) is 0. The maximum absolute atomic E-state index is 13.0. The molecule has 1 amide bonds. The summed E-state index contributed by atoms with van der Waals surface area (Å²) in [6.07, 6.45) is 7.91. The molecule has 0 bridgehead atoms. The third-order valence-electron chi connectivity index (χ3n) is 6.10. The van der Waals surface area contributed by atoms with Gasteiger partial charge in [0, 0.05) is 18.7 Å². The van der Waals surface area contributed by atoms with Crippen LogP contribution in [0.3, 0.4) is 0 Å². The maximum atomic E-state index is 13.0. The van der Waals surface area contributed by atoms with Crippen LogP contribution < -0.4 is 0 Å². The van der Waals surface area contributed by atoms with Crippen molar-refractivity contribution >= 4 is 5.91 Å². The van der Waals surface area contributed by atoms with Crippen molar-refractivity contribution in [3.8, 4) is 11.1 Å². The number of carbonyl (C=O) groups excluding carboxylic acids is 1. The number of benzene rings is 2. The van der Waals surface area contributed by atoms with Gasteiger partial charge in [-0.25, -0.2) is 4.39 Å². The fourth-order valence-corrected chi connectivity index (χ4v) is 4.20. The number of halogens is 1. The number of likely N-dealkylation sites (tertiary alicyclic amines) is 1. The first-order valence-corrected chi connectivity index (χ1v) is 9.84. The minimum atomic E-state index is -0.235. The molecule has 1 saturated carbocycles. The molecule has 1 aliphatic carbocycles. The van der Waals surface area contributed by atoms with E-state index in [-0.39, 0.29) is 11.7 Å². The summed E-state index contributed by atoms with van der Waals surface area (Å²) in [5.74, 6) is 1.67. The van der Waals surface area contributed by atoms with E-state index in [1.807, 2.05) is 29.2 Å². The molecule has 2 fully saturated rings. The summed E-state index contributed by atoms with van der Waals surface area (Å²) in [5.41, 5.74) is 2.70. The topological polar surface area (TPSA) is 20.3 Å². The SMILES string of the molecule is O=C(c1ccc(-c2ccc(F)cc2)cc1)N1CCC(CC2CCC2)CC1. The van der Waals surface area contributed by atoms with Crippen molar-refractivity contribution in [2.45, 2.75) is 38.5 Å². The first-order valence-electron chi connectivity index (χ1n) is 9.84. The number of carbonyl (C=O) groups is 1. The van der Waals surface area contributed by atoms with Gasteiger partial charge in [-0.2, -0.15) is 0 Å². The van der Waals surface area contributed by atoms with Gasteiger partial charge in [-0.3, -0.25) is 4.79 Å². The van der Waals surface area contributed by atoms with Crippen LogP contribution in [0.4, 0.5) is 4.39 Å². The summed E-state index contributed by atoms with van der Waals surface area (Å²) in [7, 11) is 0. The highest BCUT2D eigenvalue weighted by Crippen LogP contribution is 2.35. The molecule has 2 aliphatic rings. The Morgan fingerprint density at radius 3 is 1.92 bits per heavy atom. The van der Waals surface area contributed by atoms with Crippen LogP contribution in [-0.4, -0.2) is 23.9 Å². The summed E-state index contributed by atoms with van der Waals surface area (Å²) < 4.78 is 13.0. The number of nitrogens with zero attached hydrogens (tertiary/aromatic N) is 1. The van der Waals surface area contributed by atoms with E-state index in [2.05, 4.69) is 0 Å². The zero-order valence-corrected chi connectivity index (χ0v) is 15.2. The van der Waals surface area contributed by atoms with Gasteiger partial charge in [-0.1, -0.05) is 43.5 Å². The van der Waals surface area contributed by atoms with Crippen molar-refractivity contribution < 1.29 is 9.18 Å². The summed E-state index contributed by atoms with van der Waals surface area (Å²) in [6.45, 7) is 1.77. The molecule has 0 radical (unpaired) electrons. The molecular weight excluding hydrogens is 325 g/mol. The van der Waals surface area contributed by atoms with E-state index in [0.717, 1.165) is 54.5 Å². The number of piperidine rings is 1. The standard InChI is InChI=1S/C23H26FNO/c24-22-10-8-20(9-11-22)19-4-6-21(7-5-19)23(26)25-14-12-18(13-15-25)16-17-2-1-3-17/h4-11,17-18H,1-3,12-16H2. The molecule has 0 atom stereocenters. The van der Waals surface area contributed by atoms with Crippen molar-refractivity contribution in [1.29, 1.82) is 0 Å². The molecule has 3 heteroatoms. The highest BCUT2D eigenvalue weighted by atomic mass is 19.1. The fourth-order valence-electron chi connectivity index (χ4n) is 4.20. The van der Waals surface area contributed by atoms with E-state index in [1.165, 1.54) is 37.8 Å². The quantitative estimate of drug-likeness (QED) is 0.709. The average molecular weight is 351 g/mol. The van der Waals surface area contributed by atoms with Gasteiger partial charge in [0.05, 0.1) is 0 Å². The molecule has 136 valence electrons. The lowest BCUT2D eigenvalue weighted by Crippen LogP contribution is -2.39.